The summed E-state index contributed by atoms with van der Waals surface area (Å²) in [5, 5.41) is 6.88. The van der Waals surface area contributed by atoms with Crippen LogP contribution in [0.3, 0.4) is 0 Å². The van der Waals surface area contributed by atoms with Crippen LogP contribution in [0.15, 0.2) is 33.9 Å². The Morgan fingerprint density at radius 1 is 1.24 bits per heavy atom. The zero-order chi connectivity index (χ0) is 25.3. The molecule has 0 radical (unpaired) electrons. The molecule has 2 aromatic rings. The molecule has 0 fully saturated rings. The van der Waals surface area contributed by atoms with Crippen molar-refractivity contribution >= 4 is 11.8 Å². The van der Waals surface area contributed by atoms with Crippen LogP contribution in [-0.4, -0.2) is 45.5 Å². The lowest BCUT2D eigenvalue weighted by Gasteiger charge is -2.24. The zero-order valence-electron chi connectivity index (χ0n) is 20.0. The minimum atomic E-state index is -2.49. The highest BCUT2D eigenvalue weighted by Crippen LogP contribution is 2.21. The molecular formula is C23H32F2N4O5. The van der Waals surface area contributed by atoms with Crippen molar-refractivity contribution in [3.63, 3.8) is 0 Å². The maximum absolute atomic E-state index is 12.5. The van der Waals surface area contributed by atoms with Gasteiger partial charge in [0.05, 0.1) is 6.61 Å². The van der Waals surface area contributed by atoms with Crippen LogP contribution in [-0.2, 0) is 29.5 Å². The summed E-state index contributed by atoms with van der Waals surface area (Å²) in [4.78, 5) is 36.7. The van der Waals surface area contributed by atoms with Gasteiger partial charge >= 0.3 is 11.7 Å². The number of ether oxygens (including phenoxy) is 2. The summed E-state index contributed by atoms with van der Waals surface area (Å²) >= 11 is 0. The predicted octanol–water partition coefficient (Wildman–Crippen LogP) is 2.75. The molecule has 9 nitrogen and oxygen atoms in total. The third kappa shape index (κ3) is 7.67. The number of rotatable bonds is 13. The van der Waals surface area contributed by atoms with Crippen molar-refractivity contribution in [2.24, 2.45) is 7.05 Å². The van der Waals surface area contributed by atoms with Gasteiger partial charge in [-0.25, -0.2) is 23.1 Å². The van der Waals surface area contributed by atoms with Crippen molar-refractivity contribution in [3.05, 3.63) is 50.7 Å². The van der Waals surface area contributed by atoms with Crippen molar-refractivity contribution in [1.29, 1.82) is 0 Å². The molecule has 1 N–H and O–H groups in total. The van der Waals surface area contributed by atoms with Crippen molar-refractivity contribution in [3.8, 4) is 5.75 Å². The number of anilines is 1. The van der Waals surface area contributed by atoms with Crippen LogP contribution in [0, 0.1) is 0 Å². The van der Waals surface area contributed by atoms with E-state index < -0.39 is 29.2 Å². The fourth-order valence-electron chi connectivity index (χ4n) is 3.24. The van der Waals surface area contributed by atoms with Crippen molar-refractivity contribution in [2.45, 2.75) is 65.0 Å². The van der Waals surface area contributed by atoms with Gasteiger partial charge in [0.15, 0.2) is 5.60 Å². The van der Waals surface area contributed by atoms with Gasteiger partial charge in [0.1, 0.15) is 5.75 Å². The first-order valence-corrected chi connectivity index (χ1v) is 11.2. The molecule has 0 bridgehead atoms. The highest BCUT2D eigenvalue weighted by Gasteiger charge is 2.31. The van der Waals surface area contributed by atoms with Gasteiger partial charge in [0.25, 0.3) is 5.56 Å². The van der Waals surface area contributed by atoms with Gasteiger partial charge in [-0.1, -0.05) is 12.1 Å². The molecule has 11 heteroatoms. The van der Waals surface area contributed by atoms with Crippen LogP contribution in [0.4, 0.5) is 14.6 Å². The smallest absolute Gasteiger partial charge is 0.349 e. The van der Waals surface area contributed by atoms with Gasteiger partial charge in [-0.3, -0.25) is 9.36 Å². The minimum absolute atomic E-state index is 0.00702. The van der Waals surface area contributed by atoms with Crippen LogP contribution in [0.1, 0.15) is 45.6 Å². The highest BCUT2D eigenvalue weighted by atomic mass is 19.3. The molecule has 34 heavy (non-hydrogen) atoms. The molecule has 0 aliphatic rings. The van der Waals surface area contributed by atoms with E-state index in [-0.39, 0.29) is 31.8 Å². The highest BCUT2D eigenvalue weighted by molar-refractivity contribution is 5.79. The number of carbonyl (C=O) groups excluding carboxylic acids is 1. The number of aromatic nitrogens is 3. The van der Waals surface area contributed by atoms with Crippen LogP contribution < -0.4 is 21.3 Å². The van der Waals surface area contributed by atoms with Gasteiger partial charge in [0, 0.05) is 26.6 Å². The lowest BCUT2D eigenvalue weighted by molar-refractivity contribution is -0.158. The topological polar surface area (TPSA) is 104 Å². The molecule has 0 atom stereocenters. The molecule has 0 saturated heterocycles. The maximum atomic E-state index is 12.5. The van der Waals surface area contributed by atoms with E-state index in [1.54, 1.807) is 26.8 Å². The predicted molar refractivity (Wildman–Crippen MR) is 124 cm³/mol. The Balaban J connectivity index is 1.96. The standard InChI is InChI=1S/C23H32F2N4O5/c1-5-33-21(31)23(2,3)34-17-11-6-9-16(15-17)10-7-13-26-19-20(30)29(14-8-12-18(24)25)22(32)28(4)27-19/h6,9,11,15,18H,5,7-8,10,12-14H2,1-4H3,(H,26,27). The second kappa shape index (κ2) is 12.3. The summed E-state index contributed by atoms with van der Waals surface area (Å²) in [5.41, 5.74) is -1.43. The van der Waals surface area contributed by atoms with Crippen LogP contribution in [0.5, 0.6) is 5.75 Å². The van der Waals surface area contributed by atoms with Crippen molar-refractivity contribution in [1.82, 2.24) is 14.3 Å². The molecule has 0 aliphatic heterocycles. The molecule has 1 aromatic heterocycles. The van der Waals surface area contributed by atoms with Gasteiger partial charge in [-0.05, 0) is 57.7 Å². The Morgan fingerprint density at radius 2 is 1.97 bits per heavy atom. The minimum Gasteiger partial charge on any atom is -0.476 e. The Bertz CT molecular complexity index is 1080. The number of hydrogen-bond acceptors (Lipinski definition) is 7. The summed E-state index contributed by atoms with van der Waals surface area (Å²) in [6, 6.07) is 7.34. The van der Waals surface area contributed by atoms with E-state index in [1.165, 1.54) is 7.05 Å². The second-order valence-corrected chi connectivity index (χ2v) is 8.26. The van der Waals surface area contributed by atoms with Crippen LogP contribution >= 0.6 is 0 Å². The van der Waals surface area contributed by atoms with E-state index in [1.807, 2.05) is 18.2 Å². The largest absolute Gasteiger partial charge is 0.476 e. The number of nitrogens with zero attached hydrogens (tertiary/aromatic N) is 3. The first-order chi connectivity index (χ1) is 16.0. The molecule has 0 unspecified atom stereocenters. The van der Waals surface area contributed by atoms with E-state index in [9.17, 15) is 23.2 Å². The first kappa shape index (κ1) is 27.0. The Hall–Kier alpha value is -3.24. The molecule has 1 aromatic carbocycles. The Labute approximate surface area is 196 Å². The Kier molecular flexibility index (Phi) is 9.76. The average molecular weight is 483 g/mol. The molecule has 1 heterocycles. The third-order valence-corrected chi connectivity index (χ3v) is 4.98. The normalized spacial score (nSPS) is 11.5. The number of hydrogen-bond donors (Lipinski definition) is 1. The molecule has 0 amide bonds. The van der Waals surface area contributed by atoms with Crippen LogP contribution in [0.25, 0.3) is 0 Å². The van der Waals surface area contributed by atoms with E-state index in [0.29, 0.717) is 25.1 Å². The quantitative estimate of drug-likeness (QED) is 0.346. The van der Waals surface area contributed by atoms with E-state index in [2.05, 4.69) is 10.4 Å². The number of carbonyl (C=O) groups is 1. The third-order valence-electron chi connectivity index (χ3n) is 4.98. The number of alkyl halides is 2. The van der Waals surface area contributed by atoms with Crippen LogP contribution in [0.2, 0.25) is 0 Å². The summed E-state index contributed by atoms with van der Waals surface area (Å²) < 4.78 is 37.6. The Morgan fingerprint density at radius 3 is 2.65 bits per heavy atom. The molecular weight excluding hydrogens is 450 g/mol. The monoisotopic (exact) mass is 482 g/mol. The first-order valence-electron chi connectivity index (χ1n) is 11.2. The number of esters is 1. The number of nitrogens with one attached hydrogen (secondary N) is 1. The summed E-state index contributed by atoms with van der Waals surface area (Å²) in [6.07, 6.45) is -1.57. The van der Waals surface area contributed by atoms with Gasteiger partial charge in [-0.2, -0.15) is 0 Å². The number of aryl methyl sites for hydroxylation is 2. The van der Waals surface area contributed by atoms with E-state index in [0.717, 1.165) is 14.8 Å². The fourth-order valence-corrected chi connectivity index (χ4v) is 3.24. The summed E-state index contributed by atoms with van der Waals surface area (Å²) in [7, 11) is 1.40. The fraction of sp³-hybridized carbons (Fsp3) is 0.565. The van der Waals surface area contributed by atoms with Gasteiger partial charge in [-0.15, -0.1) is 5.10 Å². The average Bonchev–Trinajstić information content (AvgIpc) is 2.77. The zero-order valence-corrected chi connectivity index (χ0v) is 20.0. The summed E-state index contributed by atoms with van der Waals surface area (Å²) in [6.45, 7) is 5.59. The summed E-state index contributed by atoms with van der Waals surface area (Å²) in [5.74, 6) is 0.0802. The number of benzene rings is 1. The molecule has 2 rings (SSSR count). The van der Waals surface area contributed by atoms with E-state index in [4.69, 9.17) is 9.47 Å². The molecule has 0 spiro atoms. The second-order valence-electron chi connectivity index (χ2n) is 8.26. The van der Waals surface area contributed by atoms with Gasteiger partial charge in [0.2, 0.25) is 12.2 Å². The van der Waals surface area contributed by atoms with Gasteiger partial charge < -0.3 is 14.8 Å². The molecule has 0 saturated carbocycles. The maximum Gasteiger partial charge on any atom is 0.349 e. The molecule has 0 aliphatic carbocycles. The lowest BCUT2D eigenvalue weighted by Crippen LogP contribution is -2.42. The number of halogens is 2. The van der Waals surface area contributed by atoms with Crippen molar-refractivity contribution in [2.75, 3.05) is 18.5 Å². The SMILES string of the molecule is CCOC(=O)C(C)(C)Oc1cccc(CCCNc2nn(C)c(=O)n(CCCC(F)F)c2=O)c1. The van der Waals surface area contributed by atoms with E-state index >= 15 is 0 Å². The molecule has 188 valence electrons. The lowest BCUT2D eigenvalue weighted by atomic mass is 10.1. The van der Waals surface area contributed by atoms with Crippen molar-refractivity contribution < 1.29 is 23.0 Å².